The average Bonchev–Trinajstić information content (AvgIpc) is 3.37. The normalized spacial score (nSPS) is 20.0. The van der Waals surface area contributed by atoms with Crippen molar-refractivity contribution in [1.29, 1.82) is 0 Å². The first kappa shape index (κ1) is 24.6. The van der Waals surface area contributed by atoms with Gasteiger partial charge in [0.15, 0.2) is 0 Å². The summed E-state index contributed by atoms with van der Waals surface area (Å²) < 4.78 is 44.0. The largest absolute Gasteiger partial charge is 0.479 e. The quantitative estimate of drug-likeness (QED) is 0.539. The highest BCUT2D eigenvalue weighted by Gasteiger charge is 2.46. The lowest BCUT2D eigenvalue weighted by atomic mass is 9.98. The molecule has 3 N–H and O–H groups in total. The summed E-state index contributed by atoms with van der Waals surface area (Å²) in [5, 5.41) is 13.0. The van der Waals surface area contributed by atoms with Gasteiger partial charge in [-0.2, -0.15) is 13.2 Å². The second-order valence-electron chi connectivity index (χ2n) is 8.85. The van der Waals surface area contributed by atoms with Crippen LogP contribution in [0.3, 0.4) is 0 Å². The maximum absolute atomic E-state index is 12.8. The van der Waals surface area contributed by atoms with Crippen LogP contribution in [-0.2, 0) is 14.3 Å². The van der Waals surface area contributed by atoms with Gasteiger partial charge in [0.2, 0.25) is 11.9 Å². The summed E-state index contributed by atoms with van der Waals surface area (Å²) in [6, 6.07) is 12.4. The molecule has 3 atom stereocenters. The van der Waals surface area contributed by atoms with Crippen molar-refractivity contribution < 1.29 is 37.4 Å². The van der Waals surface area contributed by atoms with Crippen LogP contribution in [0.15, 0.2) is 48.5 Å². The van der Waals surface area contributed by atoms with E-state index in [1.807, 2.05) is 48.5 Å². The summed E-state index contributed by atoms with van der Waals surface area (Å²) >= 11 is 0. The Morgan fingerprint density at radius 3 is 2.17 bits per heavy atom. The molecule has 0 spiro atoms. The Bertz CT molecular complexity index is 1070. The lowest BCUT2D eigenvalue weighted by Crippen LogP contribution is -2.51. The van der Waals surface area contributed by atoms with Gasteiger partial charge in [0.1, 0.15) is 6.61 Å². The zero-order chi connectivity index (χ0) is 25.2. The highest BCUT2D eigenvalue weighted by atomic mass is 19.4. The van der Waals surface area contributed by atoms with Crippen molar-refractivity contribution in [3.63, 3.8) is 0 Å². The third-order valence-corrected chi connectivity index (χ3v) is 6.63. The fraction of sp³-hybridized carbons (Fsp3) is 0.400. The first-order valence-corrected chi connectivity index (χ1v) is 11.4. The van der Waals surface area contributed by atoms with E-state index < -0.39 is 42.1 Å². The Morgan fingerprint density at radius 2 is 1.60 bits per heavy atom. The van der Waals surface area contributed by atoms with Crippen LogP contribution >= 0.6 is 0 Å². The summed E-state index contributed by atoms with van der Waals surface area (Å²) in [5.74, 6) is -3.74. The van der Waals surface area contributed by atoms with Crippen LogP contribution in [0.4, 0.5) is 18.0 Å². The molecule has 0 saturated heterocycles. The van der Waals surface area contributed by atoms with Gasteiger partial charge in [0.25, 0.3) is 0 Å². The Hall–Kier alpha value is -3.56. The molecule has 2 aromatic carbocycles. The van der Waals surface area contributed by atoms with Crippen molar-refractivity contribution in [2.24, 2.45) is 5.92 Å². The van der Waals surface area contributed by atoms with Gasteiger partial charge in [-0.25, -0.2) is 9.59 Å². The molecule has 0 bridgehead atoms. The van der Waals surface area contributed by atoms with Crippen molar-refractivity contribution in [2.45, 2.75) is 49.9 Å². The Labute approximate surface area is 199 Å². The van der Waals surface area contributed by atoms with Crippen molar-refractivity contribution in [3.05, 3.63) is 59.7 Å². The minimum absolute atomic E-state index is 0.115. The Morgan fingerprint density at radius 1 is 1.00 bits per heavy atom. The minimum Gasteiger partial charge on any atom is -0.479 e. The molecule has 10 heteroatoms. The molecule has 4 rings (SSSR count). The molecule has 2 aliphatic rings. The van der Waals surface area contributed by atoms with E-state index in [0.29, 0.717) is 19.3 Å². The van der Waals surface area contributed by atoms with E-state index in [1.54, 1.807) is 0 Å². The third kappa shape index (κ3) is 5.41. The van der Waals surface area contributed by atoms with E-state index in [1.165, 1.54) is 5.32 Å². The standard InChI is InChI=1S/C25H25F3N2O5/c26-25(27,28)22(23(32)33)30-21(31)12-14-6-5-11-20(14)29-24(34)35-13-19-17-9-3-1-7-15(17)16-8-2-4-10-18(16)19/h1-4,7-10,14,19-20,22H,5-6,11-13H2,(H,29,34)(H,30,31)(H,32,33)/t14-,20+,22?/m0/s1. The van der Waals surface area contributed by atoms with Gasteiger partial charge in [-0.05, 0) is 41.0 Å². The Balaban J connectivity index is 1.33. The monoisotopic (exact) mass is 490 g/mol. The number of halogens is 3. The first-order chi connectivity index (χ1) is 16.6. The number of carboxylic acid groups (broad SMARTS) is 1. The molecule has 1 saturated carbocycles. The summed E-state index contributed by atoms with van der Waals surface area (Å²) in [7, 11) is 0. The van der Waals surface area contributed by atoms with Crippen molar-refractivity contribution >= 4 is 18.0 Å². The number of nitrogens with one attached hydrogen (secondary N) is 2. The van der Waals surface area contributed by atoms with Crippen LogP contribution in [0, 0.1) is 5.92 Å². The topological polar surface area (TPSA) is 105 Å². The minimum atomic E-state index is -5.10. The predicted octanol–water partition coefficient (Wildman–Crippen LogP) is 4.22. The smallest absolute Gasteiger partial charge is 0.419 e. The number of carbonyl (C=O) groups excluding carboxylic acids is 2. The van der Waals surface area contributed by atoms with Gasteiger partial charge < -0.3 is 20.5 Å². The van der Waals surface area contributed by atoms with Crippen LogP contribution in [-0.4, -0.2) is 47.9 Å². The van der Waals surface area contributed by atoms with E-state index in [2.05, 4.69) is 5.32 Å². The SMILES string of the molecule is O=C(C[C@@H]1CCC[C@H]1NC(=O)OCC1c2ccccc2-c2ccccc21)NC(C(=O)O)C(F)(F)F. The van der Waals surface area contributed by atoms with E-state index in [9.17, 15) is 27.6 Å². The molecule has 7 nitrogen and oxygen atoms in total. The predicted molar refractivity (Wildman–Crippen MR) is 120 cm³/mol. The number of hydrogen-bond donors (Lipinski definition) is 3. The number of benzene rings is 2. The highest BCUT2D eigenvalue weighted by molar-refractivity contribution is 5.84. The van der Waals surface area contributed by atoms with Gasteiger partial charge in [-0.15, -0.1) is 0 Å². The molecule has 0 aliphatic heterocycles. The fourth-order valence-electron chi connectivity index (χ4n) is 5.00. The summed E-state index contributed by atoms with van der Waals surface area (Å²) in [5.41, 5.74) is 4.32. The number of rotatable bonds is 7. The molecule has 0 radical (unpaired) electrons. The maximum Gasteiger partial charge on any atom is 0.419 e. The third-order valence-electron chi connectivity index (χ3n) is 6.63. The van der Waals surface area contributed by atoms with Gasteiger partial charge in [-0.3, -0.25) is 4.79 Å². The fourth-order valence-corrected chi connectivity index (χ4v) is 5.00. The van der Waals surface area contributed by atoms with Gasteiger partial charge in [-0.1, -0.05) is 55.0 Å². The lowest BCUT2D eigenvalue weighted by Gasteiger charge is -2.23. The number of alkyl carbamates (subject to hydrolysis) is 1. The second kappa shape index (κ2) is 9.97. The number of hydrogen-bond acceptors (Lipinski definition) is 4. The molecule has 2 aromatic rings. The van der Waals surface area contributed by atoms with Crippen LogP contribution in [0.5, 0.6) is 0 Å². The molecule has 0 heterocycles. The molecule has 1 fully saturated rings. The van der Waals surface area contributed by atoms with Gasteiger partial charge in [0, 0.05) is 18.4 Å². The maximum atomic E-state index is 12.8. The van der Waals surface area contributed by atoms with E-state index >= 15 is 0 Å². The van der Waals surface area contributed by atoms with Crippen molar-refractivity contribution in [1.82, 2.24) is 10.6 Å². The second-order valence-corrected chi connectivity index (χ2v) is 8.85. The Kier molecular flexibility index (Phi) is 7.00. The number of carbonyl (C=O) groups is 3. The van der Waals surface area contributed by atoms with Gasteiger partial charge >= 0.3 is 18.2 Å². The first-order valence-electron chi connectivity index (χ1n) is 11.4. The zero-order valence-corrected chi connectivity index (χ0v) is 18.7. The van der Waals surface area contributed by atoms with Crippen LogP contribution in [0.1, 0.15) is 42.7 Å². The van der Waals surface area contributed by atoms with Crippen LogP contribution in [0.25, 0.3) is 11.1 Å². The number of amides is 2. The van der Waals surface area contributed by atoms with E-state index in [-0.39, 0.29) is 18.9 Å². The number of aliphatic carboxylic acids is 1. The van der Waals surface area contributed by atoms with E-state index in [4.69, 9.17) is 9.84 Å². The molecule has 186 valence electrons. The number of carboxylic acids is 1. The molecule has 35 heavy (non-hydrogen) atoms. The van der Waals surface area contributed by atoms with Crippen molar-refractivity contribution in [3.8, 4) is 11.1 Å². The molecule has 0 aromatic heterocycles. The van der Waals surface area contributed by atoms with Crippen molar-refractivity contribution in [2.75, 3.05) is 6.61 Å². The summed E-state index contributed by atoms with van der Waals surface area (Å²) in [6.45, 7) is 0.115. The number of fused-ring (bicyclic) bond motifs is 3. The molecule has 2 aliphatic carbocycles. The zero-order valence-electron chi connectivity index (χ0n) is 18.7. The number of ether oxygens (including phenoxy) is 1. The number of alkyl halides is 3. The molecular formula is C25H25F3N2O5. The molecular weight excluding hydrogens is 465 g/mol. The van der Waals surface area contributed by atoms with E-state index in [0.717, 1.165) is 22.3 Å². The average molecular weight is 490 g/mol. The highest BCUT2D eigenvalue weighted by Crippen LogP contribution is 2.44. The summed E-state index contributed by atoms with van der Waals surface area (Å²) in [6.07, 6.45) is -4.35. The summed E-state index contributed by atoms with van der Waals surface area (Å²) in [4.78, 5) is 35.5. The molecule has 1 unspecified atom stereocenters. The molecule has 2 amide bonds. The lowest BCUT2D eigenvalue weighted by molar-refractivity contribution is -0.182. The van der Waals surface area contributed by atoms with Gasteiger partial charge in [0.05, 0.1) is 0 Å². The van der Waals surface area contributed by atoms with Crippen LogP contribution < -0.4 is 10.6 Å². The van der Waals surface area contributed by atoms with Crippen LogP contribution in [0.2, 0.25) is 0 Å².